The van der Waals surface area contributed by atoms with Crippen molar-refractivity contribution >= 4 is 54.6 Å². The predicted octanol–water partition coefficient (Wildman–Crippen LogP) is 10.9. The molecular weight excluding hydrogens is 592 g/mol. The molecule has 0 N–H and O–H groups in total. The number of nitrogens with zero attached hydrogens (tertiary/aromatic N) is 4. The number of hydrogen-bond acceptors (Lipinski definition) is 6. The Hall–Kier alpha value is -6.66. The lowest BCUT2D eigenvalue weighted by Crippen LogP contribution is -2.00. The summed E-state index contributed by atoms with van der Waals surface area (Å²) in [5.74, 6) is 1.78. The van der Waals surface area contributed by atoms with Crippen molar-refractivity contribution in [1.82, 2.24) is 19.9 Å². The topological polar surface area (TPSA) is 77.8 Å². The largest absolute Gasteiger partial charge is 0.456 e. The molecule has 10 rings (SSSR count). The summed E-state index contributed by atoms with van der Waals surface area (Å²) in [6, 6.07) is 46.9. The molecule has 6 aromatic carbocycles. The van der Waals surface area contributed by atoms with Gasteiger partial charge in [0.15, 0.2) is 17.5 Å². The van der Waals surface area contributed by atoms with Crippen LogP contribution in [0, 0.1) is 0 Å². The van der Waals surface area contributed by atoms with Crippen LogP contribution in [0.1, 0.15) is 0 Å². The molecular formula is C42H24N4O2. The molecule has 48 heavy (non-hydrogen) atoms. The van der Waals surface area contributed by atoms with E-state index in [0.29, 0.717) is 17.5 Å². The molecule has 0 unspecified atom stereocenters. The van der Waals surface area contributed by atoms with Crippen LogP contribution in [0.2, 0.25) is 0 Å². The van der Waals surface area contributed by atoms with Crippen LogP contribution in [0.4, 0.5) is 0 Å². The average Bonchev–Trinajstić information content (AvgIpc) is 3.72. The first-order valence-electron chi connectivity index (χ1n) is 15.8. The third-order valence-corrected chi connectivity index (χ3v) is 8.98. The molecule has 0 bridgehead atoms. The number of aromatic nitrogens is 4. The lowest BCUT2D eigenvalue weighted by Gasteiger charge is -2.10. The summed E-state index contributed by atoms with van der Waals surface area (Å²) in [5.41, 5.74) is 7.81. The van der Waals surface area contributed by atoms with Gasteiger partial charge in [0.25, 0.3) is 0 Å². The standard InChI is InChI=1S/C42H24N4O2/c1-2-9-26(10-3-1)40-44-41(46-42(45-40)31-14-8-16-34-37(31)30-13-6-7-15-33(30)47-34)27-19-17-25(18-20-27)39-38-32-23-28-11-4-5-12-29(28)24-36(32)48-35(38)21-22-43-39/h1-24H. The quantitative estimate of drug-likeness (QED) is 0.196. The summed E-state index contributed by atoms with van der Waals surface area (Å²) in [4.78, 5) is 19.8. The molecule has 6 nitrogen and oxygen atoms in total. The normalized spacial score (nSPS) is 11.8. The molecule has 4 aromatic heterocycles. The van der Waals surface area contributed by atoms with E-state index in [0.717, 1.165) is 82.6 Å². The Morgan fingerprint density at radius 3 is 1.85 bits per heavy atom. The van der Waals surface area contributed by atoms with Crippen molar-refractivity contribution in [1.29, 1.82) is 0 Å². The Bertz CT molecular complexity index is 2840. The zero-order valence-corrected chi connectivity index (χ0v) is 25.5. The van der Waals surface area contributed by atoms with Crippen LogP contribution in [0.15, 0.2) is 155 Å². The Labute approximate surface area is 274 Å². The highest BCUT2D eigenvalue weighted by Crippen LogP contribution is 2.39. The highest BCUT2D eigenvalue weighted by molar-refractivity contribution is 6.15. The zero-order valence-electron chi connectivity index (χ0n) is 25.5. The number of fused-ring (bicyclic) bond motifs is 7. The van der Waals surface area contributed by atoms with Crippen LogP contribution in [0.5, 0.6) is 0 Å². The number of pyridine rings is 1. The molecule has 224 valence electrons. The van der Waals surface area contributed by atoms with Gasteiger partial charge in [-0.2, -0.15) is 0 Å². The Balaban J connectivity index is 1.13. The van der Waals surface area contributed by atoms with Crippen LogP contribution in [-0.4, -0.2) is 19.9 Å². The molecule has 0 aliphatic heterocycles. The third kappa shape index (κ3) is 4.20. The number of hydrogen-bond donors (Lipinski definition) is 0. The molecule has 0 spiro atoms. The molecule has 4 heterocycles. The van der Waals surface area contributed by atoms with Crippen molar-refractivity contribution in [3.8, 4) is 45.4 Å². The fourth-order valence-electron chi connectivity index (χ4n) is 6.71. The smallest absolute Gasteiger partial charge is 0.164 e. The predicted molar refractivity (Wildman–Crippen MR) is 191 cm³/mol. The highest BCUT2D eigenvalue weighted by Gasteiger charge is 2.19. The highest BCUT2D eigenvalue weighted by atomic mass is 16.3. The third-order valence-electron chi connectivity index (χ3n) is 8.98. The monoisotopic (exact) mass is 616 g/mol. The number of benzene rings is 6. The minimum absolute atomic E-state index is 0.585. The minimum atomic E-state index is 0.585. The Kier molecular flexibility index (Phi) is 5.77. The molecule has 0 saturated heterocycles. The van der Waals surface area contributed by atoms with E-state index in [2.05, 4.69) is 60.7 Å². The van der Waals surface area contributed by atoms with E-state index >= 15 is 0 Å². The van der Waals surface area contributed by atoms with Gasteiger partial charge >= 0.3 is 0 Å². The molecule has 0 atom stereocenters. The summed E-state index contributed by atoms with van der Waals surface area (Å²) >= 11 is 0. The van der Waals surface area contributed by atoms with Gasteiger partial charge < -0.3 is 8.83 Å². The fraction of sp³-hybridized carbons (Fsp3) is 0. The molecule has 0 amide bonds. The summed E-state index contributed by atoms with van der Waals surface area (Å²) < 4.78 is 12.5. The summed E-state index contributed by atoms with van der Waals surface area (Å²) in [6.07, 6.45) is 1.80. The van der Waals surface area contributed by atoms with Crippen LogP contribution in [0.3, 0.4) is 0 Å². The molecule has 0 aliphatic carbocycles. The number of rotatable bonds is 4. The van der Waals surface area contributed by atoms with E-state index in [1.54, 1.807) is 6.20 Å². The lowest BCUT2D eigenvalue weighted by molar-refractivity contribution is 0.668. The second-order valence-corrected chi connectivity index (χ2v) is 11.9. The second-order valence-electron chi connectivity index (χ2n) is 11.9. The SMILES string of the molecule is c1ccc(-c2nc(-c3ccc(-c4nccc5oc6cc7ccccc7cc6c45)cc3)nc(-c3cccc4oc5ccccc5c34)n2)cc1. The van der Waals surface area contributed by atoms with Crippen LogP contribution in [0.25, 0.3) is 100 Å². The van der Waals surface area contributed by atoms with Crippen molar-refractivity contribution in [2.24, 2.45) is 0 Å². The summed E-state index contributed by atoms with van der Waals surface area (Å²) in [5, 5.41) is 6.37. The van der Waals surface area contributed by atoms with E-state index in [-0.39, 0.29) is 0 Å². The van der Waals surface area contributed by atoms with Crippen LogP contribution in [-0.2, 0) is 0 Å². The molecule has 0 fully saturated rings. The van der Waals surface area contributed by atoms with E-state index in [1.807, 2.05) is 78.9 Å². The average molecular weight is 617 g/mol. The first-order chi connectivity index (χ1) is 23.8. The van der Waals surface area contributed by atoms with Gasteiger partial charge in [0.2, 0.25) is 0 Å². The van der Waals surface area contributed by atoms with Gasteiger partial charge in [-0.25, -0.2) is 15.0 Å². The van der Waals surface area contributed by atoms with Crippen molar-refractivity contribution in [2.45, 2.75) is 0 Å². The van der Waals surface area contributed by atoms with Gasteiger partial charge in [-0.15, -0.1) is 0 Å². The van der Waals surface area contributed by atoms with Gasteiger partial charge in [0.1, 0.15) is 22.3 Å². The second kappa shape index (κ2) is 10.4. The van der Waals surface area contributed by atoms with Crippen molar-refractivity contribution < 1.29 is 8.83 Å². The molecule has 0 radical (unpaired) electrons. The van der Waals surface area contributed by atoms with E-state index in [4.69, 9.17) is 28.8 Å². The first kappa shape index (κ1) is 26.5. The number of para-hydroxylation sites is 1. The summed E-state index contributed by atoms with van der Waals surface area (Å²) in [6.45, 7) is 0. The van der Waals surface area contributed by atoms with Crippen molar-refractivity contribution in [3.63, 3.8) is 0 Å². The van der Waals surface area contributed by atoms with Gasteiger partial charge in [-0.05, 0) is 41.1 Å². The van der Waals surface area contributed by atoms with Gasteiger partial charge in [-0.3, -0.25) is 4.98 Å². The maximum Gasteiger partial charge on any atom is 0.164 e. The van der Waals surface area contributed by atoms with E-state index in [9.17, 15) is 0 Å². The van der Waals surface area contributed by atoms with E-state index in [1.165, 1.54) is 0 Å². The fourth-order valence-corrected chi connectivity index (χ4v) is 6.71. The molecule has 0 aliphatic rings. The summed E-state index contributed by atoms with van der Waals surface area (Å²) in [7, 11) is 0. The van der Waals surface area contributed by atoms with Crippen LogP contribution < -0.4 is 0 Å². The maximum absolute atomic E-state index is 6.30. The van der Waals surface area contributed by atoms with Crippen molar-refractivity contribution in [3.05, 3.63) is 146 Å². The van der Waals surface area contributed by atoms with Gasteiger partial charge in [0, 0.05) is 44.6 Å². The van der Waals surface area contributed by atoms with Gasteiger partial charge in [-0.1, -0.05) is 109 Å². The molecule has 10 aromatic rings. The van der Waals surface area contributed by atoms with Crippen LogP contribution >= 0.6 is 0 Å². The maximum atomic E-state index is 6.30. The Morgan fingerprint density at radius 1 is 0.396 bits per heavy atom. The molecule has 0 saturated carbocycles. The zero-order chi connectivity index (χ0) is 31.6. The molecule has 6 heteroatoms. The number of furan rings is 2. The van der Waals surface area contributed by atoms with Crippen molar-refractivity contribution in [2.75, 3.05) is 0 Å². The lowest BCUT2D eigenvalue weighted by atomic mass is 10.0. The van der Waals surface area contributed by atoms with E-state index < -0.39 is 0 Å². The minimum Gasteiger partial charge on any atom is -0.456 e. The van der Waals surface area contributed by atoms with Gasteiger partial charge in [0.05, 0.1) is 11.1 Å². The first-order valence-corrected chi connectivity index (χ1v) is 15.8. The Morgan fingerprint density at radius 2 is 1.02 bits per heavy atom.